The van der Waals surface area contributed by atoms with Crippen LogP contribution in [0.15, 0.2) is 18.3 Å². The summed E-state index contributed by atoms with van der Waals surface area (Å²) < 4.78 is 12.0. The smallest absolute Gasteiger partial charge is 0.212 e. The van der Waals surface area contributed by atoms with Crippen LogP contribution in [-0.4, -0.2) is 17.5 Å². The van der Waals surface area contributed by atoms with Gasteiger partial charge in [-0.15, -0.1) is 7.48 Å². The van der Waals surface area contributed by atoms with Gasteiger partial charge in [-0.25, -0.2) is 10.4 Å². The van der Waals surface area contributed by atoms with Crippen LogP contribution < -0.4 is 5.46 Å². The molecule has 4 heteroatoms. The van der Waals surface area contributed by atoms with Crippen molar-refractivity contribution >= 4 is 12.9 Å². The number of hydrogen-bond donors (Lipinski definition) is 1. The fourth-order valence-corrected chi connectivity index (χ4v) is 0.464. The molecule has 0 spiro atoms. The Morgan fingerprint density at radius 2 is 2.33 bits per heavy atom. The highest BCUT2D eigenvalue weighted by molar-refractivity contribution is 6.45. The summed E-state index contributed by atoms with van der Waals surface area (Å²) in [7, 11) is 0.867. The maximum absolute atomic E-state index is 12.0. The van der Waals surface area contributed by atoms with Crippen molar-refractivity contribution in [3.63, 3.8) is 0 Å². The van der Waals surface area contributed by atoms with Crippen LogP contribution in [0.5, 0.6) is 0 Å². The zero-order chi connectivity index (χ0) is 6.69. The van der Waals surface area contributed by atoms with E-state index in [2.05, 4.69) is 4.98 Å². The third-order valence-electron chi connectivity index (χ3n) is 0.899. The first-order valence-corrected chi connectivity index (χ1v) is 2.42. The monoisotopic (exact) mass is 124 g/mol. The van der Waals surface area contributed by atoms with Gasteiger partial charge in [0.2, 0.25) is 5.95 Å². The van der Waals surface area contributed by atoms with Gasteiger partial charge in [0.15, 0.2) is 0 Å². The van der Waals surface area contributed by atoms with Crippen LogP contribution in [0.1, 0.15) is 0 Å². The van der Waals surface area contributed by atoms with E-state index in [1.54, 1.807) is 0 Å². The maximum atomic E-state index is 12.0. The predicted octanol–water partition coefficient (Wildman–Crippen LogP) is -0.542. The normalized spacial score (nSPS) is 9.56. The summed E-state index contributed by atoms with van der Waals surface area (Å²) in [5, 5.41) is 8.34. The molecule has 0 unspecified atom stereocenters. The first-order valence-electron chi connectivity index (χ1n) is 2.42. The van der Waals surface area contributed by atoms with Crippen molar-refractivity contribution in [3.05, 3.63) is 24.3 Å². The van der Waals surface area contributed by atoms with E-state index >= 15 is 0 Å². The van der Waals surface area contributed by atoms with Gasteiger partial charge in [-0.3, -0.25) is 0 Å². The average molecular weight is 124 g/mol. The highest BCUT2D eigenvalue weighted by Gasteiger charge is 1.82. The Morgan fingerprint density at radius 1 is 1.56 bits per heavy atom. The van der Waals surface area contributed by atoms with Crippen LogP contribution in [0.3, 0.4) is 0 Å². The Morgan fingerprint density at radius 3 is 2.78 bits per heavy atom. The molecule has 0 amide bonds. The Balaban J connectivity index is 2.88. The van der Waals surface area contributed by atoms with Gasteiger partial charge in [-0.05, 0) is 12.3 Å². The Bertz CT molecular complexity index is 189. The molecule has 0 aliphatic carbocycles. The van der Waals surface area contributed by atoms with Gasteiger partial charge in [-0.2, -0.15) is 4.39 Å². The second-order valence-electron chi connectivity index (χ2n) is 1.54. The van der Waals surface area contributed by atoms with Crippen molar-refractivity contribution in [2.24, 2.45) is 0 Å². The number of halogens is 1. The Kier molecular flexibility index (Phi) is 1.79. The molecule has 46 valence electrons. The number of pyridine rings is 1. The number of hydrogen-bond acceptors (Lipinski definition) is 2. The van der Waals surface area contributed by atoms with Crippen LogP contribution in [-0.2, 0) is 0 Å². The van der Waals surface area contributed by atoms with Crippen molar-refractivity contribution in [3.8, 4) is 0 Å². The van der Waals surface area contributed by atoms with E-state index in [0.29, 0.717) is 5.46 Å². The second-order valence-corrected chi connectivity index (χ2v) is 1.54. The standard InChI is InChI=1S/C5H4BFNO/c7-5-2-1-4(6-9)3-8-5/h1-3,9H/q-1. The van der Waals surface area contributed by atoms with E-state index in [4.69, 9.17) is 5.02 Å². The number of rotatable bonds is 1. The molecule has 2 radical (unpaired) electrons. The SMILES string of the molecule is O[B-]c1ccc(F)nc1. The largest absolute Gasteiger partial charge is 0.668 e. The van der Waals surface area contributed by atoms with E-state index in [1.807, 2.05) is 0 Å². The van der Waals surface area contributed by atoms with Crippen molar-refractivity contribution in [2.75, 3.05) is 0 Å². The zero-order valence-electron chi connectivity index (χ0n) is 4.58. The molecule has 9 heavy (non-hydrogen) atoms. The highest BCUT2D eigenvalue weighted by atomic mass is 19.1. The molecular weight excluding hydrogens is 120 g/mol. The summed E-state index contributed by atoms with van der Waals surface area (Å²) in [5.41, 5.74) is 0.497. The quantitative estimate of drug-likeness (QED) is 0.402. The third-order valence-corrected chi connectivity index (χ3v) is 0.899. The highest BCUT2D eigenvalue weighted by Crippen LogP contribution is 1.84. The summed E-state index contributed by atoms with van der Waals surface area (Å²) in [6, 6.07) is 2.62. The topological polar surface area (TPSA) is 33.1 Å². The molecule has 1 rings (SSSR count). The van der Waals surface area contributed by atoms with Gasteiger partial charge in [-0.1, -0.05) is 6.07 Å². The third kappa shape index (κ3) is 1.50. The Labute approximate surface area is 52.6 Å². The molecule has 1 aromatic rings. The summed E-state index contributed by atoms with van der Waals surface area (Å²) in [4.78, 5) is 3.29. The molecule has 0 aliphatic heterocycles. The van der Waals surface area contributed by atoms with Crippen molar-refractivity contribution in [1.29, 1.82) is 0 Å². The van der Waals surface area contributed by atoms with Crippen LogP contribution in [0, 0.1) is 5.95 Å². The first-order chi connectivity index (χ1) is 4.33. The van der Waals surface area contributed by atoms with E-state index in [9.17, 15) is 4.39 Å². The van der Waals surface area contributed by atoms with Gasteiger partial charge in [0.05, 0.1) is 0 Å². The molecule has 0 aromatic carbocycles. The molecule has 1 N–H and O–H groups in total. The summed E-state index contributed by atoms with van der Waals surface area (Å²) in [6.07, 6.45) is 1.25. The fraction of sp³-hybridized carbons (Fsp3) is 0. The molecule has 1 heterocycles. The summed E-state index contributed by atoms with van der Waals surface area (Å²) in [5.74, 6) is -0.541. The van der Waals surface area contributed by atoms with Crippen LogP contribution in [0.25, 0.3) is 0 Å². The van der Waals surface area contributed by atoms with E-state index in [-0.39, 0.29) is 0 Å². The number of aromatic nitrogens is 1. The van der Waals surface area contributed by atoms with E-state index < -0.39 is 5.95 Å². The lowest BCUT2D eigenvalue weighted by Gasteiger charge is -2.04. The van der Waals surface area contributed by atoms with Gasteiger partial charge >= 0.3 is 0 Å². The van der Waals surface area contributed by atoms with Crippen molar-refractivity contribution in [2.45, 2.75) is 0 Å². The predicted molar refractivity (Wildman–Crippen MR) is 31.8 cm³/mol. The minimum Gasteiger partial charge on any atom is -0.668 e. The van der Waals surface area contributed by atoms with E-state index in [0.717, 1.165) is 7.48 Å². The van der Waals surface area contributed by atoms with Gasteiger partial charge in [0, 0.05) is 0 Å². The second kappa shape index (κ2) is 2.59. The Hall–Kier alpha value is -0.895. The zero-order valence-corrected chi connectivity index (χ0v) is 4.58. The molecular formula is C5H4BFNO-. The first kappa shape index (κ1) is 6.23. The minimum absolute atomic E-state index is 0.497. The lowest BCUT2D eigenvalue weighted by molar-refractivity contribution is 0.583. The summed E-state index contributed by atoms with van der Waals surface area (Å²) >= 11 is 0. The average Bonchev–Trinajstić information content (AvgIpc) is 1.90. The molecule has 0 saturated carbocycles. The van der Waals surface area contributed by atoms with Crippen molar-refractivity contribution < 1.29 is 9.41 Å². The van der Waals surface area contributed by atoms with E-state index in [1.165, 1.54) is 18.3 Å². The lowest BCUT2D eigenvalue weighted by atomic mass is 9.91. The molecule has 0 saturated heterocycles. The minimum atomic E-state index is -0.541. The van der Waals surface area contributed by atoms with Gasteiger partial charge < -0.3 is 5.02 Å². The van der Waals surface area contributed by atoms with Gasteiger partial charge in [0.25, 0.3) is 0 Å². The molecule has 0 fully saturated rings. The molecule has 0 bridgehead atoms. The molecule has 0 aliphatic rings. The van der Waals surface area contributed by atoms with Crippen molar-refractivity contribution in [1.82, 2.24) is 4.98 Å². The fourth-order valence-electron chi connectivity index (χ4n) is 0.464. The van der Waals surface area contributed by atoms with Gasteiger partial charge in [0.1, 0.15) is 0 Å². The van der Waals surface area contributed by atoms with Crippen LogP contribution in [0.2, 0.25) is 0 Å². The molecule has 0 atom stereocenters. The van der Waals surface area contributed by atoms with Crippen LogP contribution >= 0.6 is 0 Å². The van der Waals surface area contributed by atoms with Crippen LogP contribution in [0.4, 0.5) is 4.39 Å². The number of nitrogens with zero attached hydrogens (tertiary/aromatic N) is 1. The lowest BCUT2D eigenvalue weighted by Crippen LogP contribution is -2.13. The molecule has 2 nitrogen and oxygen atoms in total. The molecule has 1 aromatic heterocycles. The summed E-state index contributed by atoms with van der Waals surface area (Å²) in [6.45, 7) is 0. The maximum Gasteiger partial charge on any atom is 0.212 e.